The summed E-state index contributed by atoms with van der Waals surface area (Å²) in [4.78, 5) is 30.1. The Labute approximate surface area is 218 Å². The zero-order valence-corrected chi connectivity index (χ0v) is 21.3. The fourth-order valence-corrected chi connectivity index (χ4v) is 5.27. The van der Waals surface area contributed by atoms with Crippen LogP contribution in [0.1, 0.15) is 12.0 Å². The predicted octanol–water partition coefficient (Wildman–Crippen LogP) is 5.36. The second-order valence-electron chi connectivity index (χ2n) is 9.11. The smallest absolute Gasteiger partial charge is 0.326 e. The van der Waals surface area contributed by atoms with Crippen molar-refractivity contribution in [1.82, 2.24) is 10.3 Å². The zero-order valence-electron chi connectivity index (χ0n) is 20.4. The lowest BCUT2D eigenvalue weighted by Gasteiger charge is -2.20. The number of urea groups is 1. The van der Waals surface area contributed by atoms with Gasteiger partial charge in [-0.15, -0.1) is 0 Å². The number of hydrogen-bond acceptors (Lipinski definition) is 4. The maximum atomic E-state index is 15.2. The van der Waals surface area contributed by atoms with E-state index in [4.69, 9.17) is 0 Å². The minimum atomic E-state index is -4.78. The number of pyridine rings is 1. The van der Waals surface area contributed by atoms with Crippen molar-refractivity contribution in [3.8, 4) is 11.1 Å². The van der Waals surface area contributed by atoms with Gasteiger partial charge in [0.05, 0.1) is 16.9 Å². The molecule has 2 heterocycles. The molecule has 1 aliphatic rings. The van der Waals surface area contributed by atoms with Crippen LogP contribution in [0.2, 0.25) is 0 Å². The van der Waals surface area contributed by atoms with Gasteiger partial charge in [-0.05, 0) is 56.1 Å². The summed E-state index contributed by atoms with van der Waals surface area (Å²) >= 11 is 0. The van der Waals surface area contributed by atoms with Gasteiger partial charge < -0.3 is 20.1 Å². The Kier molecular flexibility index (Phi) is 7.48. The molecule has 2 aromatic carbocycles. The van der Waals surface area contributed by atoms with Gasteiger partial charge in [0, 0.05) is 23.9 Å². The Morgan fingerprint density at radius 1 is 1.05 bits per heavy atom. The summed E-state index contributed by atoms with van der Waals surface area (Å²) in [6.45, 7) is 2.80. The maximum Gasteiger partial charge on any atom is 0.416 e. The molecule has 0 spiro atoms. The summed E-state index contributed by atoms with van der Waals surface area (Å²) in [5.74, 6) is -4.74. The Morgan fingerprint density at radius 3 is 2.41 bits per heavy atom. The highest BCUT2D eigenvalue weighted by Crippen LogP contribution is 2.40. The third kappa shape index (κ3) is 5.78. The van der Waals surface area contributed by atoms with Crippen molar-refractivity contribution in [3.63, 3.8) is 0 Å². The minimum Gasteiger partial charge on any atom is -0.326 e. The quantitative estimate of drug-likeness (QED) is 0.319. The monoisotopic (exact) mass is 570 g/mol. The molecule has 4 rings (SSSR count). The molecular weight excluding hydrogens is 549 g/mol. The highest BCUT2D eigenvalue weighted by molar-refractivity contribution is 7.70. The Bertz CT molecular complexity index is 1510. The van der Waals surface area contributed by atoms with E-state index >= 15 is 8.78 Å². The molecule has 0 bridgehead atoms. The lowest BCUT2D eigenvalue weighted by atomic mass is 10.1. The molecule has 1 atom stereocenters. The van der Waals surface area contributed by atoms with Gasteiger partial charge in [-0.2, -0.15) is 13.2 Å². The highest BCUT2D eigenvalue weighted by Gasteiger charge is 2.36. The SMILES string of the molecule is CP(C)(=O)c1ncccc1-c1ccc(N2CC[C@@H](NC(=O)Nc3ccc(C(F)(F)F)cc3F)C2=O)c(F)c1F. The van der Waals surface area contributed by atoms with E-state index in [1.807, 2.05) is 5.32 Å². The van der Waals surface area contributed by atoms with Crippen LogP contribution in [0.5, 0.6) is 0 Å². The molecule has 0 aliphatic carbocycles. The molecule has 206 valence electrons. The van der Waals surface area contributed by atoms with Crippen molar-refractivity contribution in [1.29, 1.82) is 0 Å². The lowest BCUT2D eigenvalue weighted by Crippen LogP contribution is -2.43. The van der Waals surface area contributed by atoms with Crippen LogP contribution in [0.25, 0.3) is 11.1 Å². The van der Waals surface area contributed by atoms with Crippen LogP contribution >= 0.6 is 7.14 Å². The van der Waals surface area contributed by atoms with Crippen molar-refractivity contribution in [2.75, 3.05) is 30.1 Å². The number of nitrogens with zero attached hydrogens (tertiary/aromatic N) is 2. The first-order valence-electron chi connectivity index (χ1n) is 11.4. The number of carbonyl (C=O) groups is 2. The molecule has 1 aromatic heterocycles. The van der Waals surface area contributed by atoms with E-state index < -0.39 is 60.0 Å². The summed E-state index contributed by atoms with van der Waals surface area (Å²) in [6, 6.07) is 4.61. The number of nitrogens with one attached hydrogen (secondary N) is 2. The average molecular weight is 570 g/mol. The van der Waals surface area contributed by atoms with Crippen LogP contribution in [0, 0.1) is 17.5 Å². The summed E-state index contributed by atoms with van der Waals surface area (Å²) in [5.41, 5.74) is -2.11. The molecule has 39 heavy (non-hydrogen) atoms. The van der Waals surface area contributed by atoms with E-state index in [-0.39, 0.29) is 41.3 Å². The largest absolute Gasteiger partial charge is 0.416 e. The number of benzene rings is 2. The molecular formula is C25H21F6N4O3P. The standard InChI is InChI=1S/C25H21F6N4O3P/c1-39(2,38)22-15(4-3-10-32-22)14-6-8-19(21(28)20(14)27)35-11-9-18(23(35)36)34-24(37)33-17-7-5-13(12-16(17)26)25(29,30)31/h3-8,10,12,18H,9,11H2,1-2H3,(H2,33,34,37)/t18-/m1/s1. The van der Waals surface area contributed by atoms with Crippen molar-refractivity contribution in [2.45, 2.75) is 18.6 Å². The van der Waals surface area contributed by atoms with E-state index in [9.17, 15) is 31.7 Å². The number of hydrogen-bond donors (Lipinski definition) is 2. The fourth-order valence-electron chi connectivity index (χ4n) is 4.15. The van der Waals surface area contributed by atoms with Gasteiger partial charge in [-0.1, -0.05) is 6.07 Å². The summed E-state index contributed by atoms with van der Waals surface area (Å²) < 4.78 is 95.1. The predicted molar refractivity (Wildman–Crippen MR) is 133 cm³/mol. The zero-order chi connectivity index (χ0) is 28.7. The van der Waals surface area contributed by atoms with Gasteiger partial charge in [-0.25, -0.2) is 18.0 Å². The van der Waals surface area contributed by atoms with Crippen molar-refractivity contribution < 1.29 is 40.5 Å². The third-order valence-electron chi connectivity index (χ3n) is 6.00. The van der Waals surface area contributed by atoms with E-state index in [1.165, 1.54) is 43.8 Å². The third-order valence-corrected chi connectivity index (χ3v) is 7.37. The molecule has 0 unspecified atom stereocenters. The topological polar surface area (TPSA) is 91.4 Å². The lowest BCUT2D eigenvalue weighted by molar-refractivity contribution is -0.137. The first-order chi connectivity index (χ1) is 18.2. The van der Waals surface area contributed by atoms with Crippen molar-refractivity contribution in [2.24, 2.45) is 0 Å². The van der Waals surface area contributed by atoms with Crippen molar-refractivity contribution in [3.05, 3.63) is 71.7 Å². The number of anilines is 2. The fraction of sp³-hybridized carbons (Fsp3) is 0.240. The maximum absolute atomic E-state index is 15.2. The second kappa shape index (κ2) is 10.4. The highest BCUT2D eigenvalue weighted by atomic mass is 31.2. The molecule has 3 amide bonds. The molecule has 3 aromatic rings. The van der Waals surface area contributed by atoms with E-state index in [2.05, 4.69) is 10.3 Å². The van der Waals surface area contributed by atoms with E-state index in [0.29, 0.717) is 6.07 Å². The second-order valence-corrected chi connectivity index (χ2v) is 12.2. The number of amides is 3. The molecule has 1 fully saturated rings. The minimum absolute atomic E-state index is 0.00778. The Balaban J connectivity index is 1.50. The number of carbonyl (C=O) groups excluding carboxylic acids is 2. The van der Waals surface area contributed by atoms with Crippen LogP contribution in [0.15, 0.2) is 48.7 Å². The number of halogens is 6. The molecule has 7 nitrogen and oxygen atoms in total. The average Bonchev–Trinajstić information content (AvgIpc) is 3.20. The molecule has 1 aliphatic heterocycles. The van der Waals surface area contributed by atoms with Crippen LogP contribution in [-0.4, -0.2) is 42.8 Å². The van der Waals surface area contributed by atoms with Gasteiger partial charge in [0.2, 0.25) is 5.91 Å². The summed E-state index contributed by atoms with van der Waals surface area (Å²) in [6.07, 6.45) is -3.39. The van der Waals surface area contributed by atoms with Gasteiger partial charge in [0.25, 0.3) is 0 Å². The Morgan fingerprint density at radius 2 is 1.77 bits per heavy atom. The van der Waals surface area contributed by atoms with Gasteiger partial charge in [0.15, 0.2) is 11.6 Å². The van der Waals surface area contributed by atoms with Gasteiger partial charge in [0.1, 0.15) is 24.4 Å². The molecule has 1 saturated heterocycles. The van der Waals surface area contributed by atoms with Crippen LogP contribution < -0.4 is 21.0 Å². The van der Waals surface area contributed by atoms with E-state index in [0.717, 1.165) is 11.0 Å². The normalized spacial score (nSPS) is 15.9. The number of rotatable bonds is 5. The van der Waals surface area contributed by atoms with Crippen LogP contribution in [-0.2, 0) is 15.5 Å². The van der Waals surface area contributed by atoms with Gasteiger partial charge >= 0.3 is 12.2 Å². The summed E-state index contributed by atoms with van der Waals surface area (Å²) in [5, 5.41) is 4.29. The van der Waals surface area contributed by atoms with Crippen molar-refractivity contribution >= 4 is 35.9 Å². The van der Waals surface area contributed by atoms with Gasteiger partial charge in [-0.3, -0.25) is 9.78 Å². The Hall–Kier alpha value is -3.86. The molecule has 14 heteroatoms. The molecule has 0 radical (unpaired) electrons. The molecule has 0 saturated carbocycles. The van der Waals surface area contributed by atoms with E-state index in [1.54, 1.807) is 0 Å². The number of aromatic nitrogens is 1. The first-order valence-corrected chi connectivity index (χ1v) is 14.0. The number of alkyl halides is 3. The molecule has 2 N–H and O–H groups in total. The first kappa shape index (κ1) is 28.2. The van der Waals surface area contributed by atoms with Crippen LogP contribution in [0.4, 0.5) is 42.5 Å². The van der Waals surface area contributed by atoms with Crippen LogP contribution in [0.3, 0.4) is 0 Å². The summed E-state index contributed by atoms with van der Waals surface area (Å²) in [7, 11) is -2.94.